The maximum absolute atomic E-state index is 13.2. The molecule has 1 aromatic heterocycles. The van der Waals surface area contributed by atoms with Crippen LogP contribution in [-0.2, 0) is 16.1 Å². The summed E-state index contributed by atoms with van der Waals surface area (Å²) in [5.41, 5.74) is 2.80. The molecule has 2 aliphatic heterocycles. The second-order valence-electron chi connectivity index (χ2n) is 9.92. The van der Waals surface area contributed by atoms with Crippen LogP contribution in [0, 0.1) is 13.8 Å². The van der Waals surface area contributed by atoms with Gasteiger partial charge in [-0.15, -0.1) is 12.4 Å². The second kappa shape index (κ2) is 13.5. The third kappa shape index (κ3) is 7.86. The average Bonchev–Trinajstić information content (AvgIpc) is 3.26. The fourth-order valence-electron chi connectivity index (χ4n) is 5.18. The van der Waals surface area contributed by atoms with Crippen molar-refractivity contribution in [2.75, 3.05) is 25.0 Å². The van der Waals surface area contributed by atoms with Crippen LogP contribution in [0.1, 0.15) is 52.9 Å². The van der Waals surface area contributed by atoms with E-state index in [1.54, 1.807) is 11.8 Å². The normalized spacial score (nSPS) is 18.3. The van der Waals surface area contributed by atoms with Crippen LogP contribution >= 0.6 is 24.0 Å². The Morgan fingerprint density at radius 1 is 1.13 bits per heavy atom. The number of amides is 3. The number of piperidine rings is 1. The van der Waals surface area contributed by atoms with Crippen LogP contribution in [0.3, 0.4) is 0 Å². The summed E-state index contributed by atoms with van der Waals surface area (Å²) in [7, 11) is 0. The van der Waals surface area contributed by atoms with Crippen molar-refractivity contribution in [3.8, 4) is 0 Å². The Morgan fingerprint density at radius 3 is 2.51 bits per heavy atom. The second-order valence-corrected chi connectivity index (χ2v) is 10.3. The first-order valence-electron chi connectivity index (χ1n) is 12.7. The first kappa shape index (κ1) is 30.7. The molecule has 1 aromatic carbocycles. The summed E-state index contributed by atoms with van der Waals surface area (Å²) in [6, 6.07) is 8.17. The quantitative estimate of drug-likeness (QED) is 0.481. The Labute approximate surface area is 237 Å². The van der Waals surface area contributed by atoms with Crippen LogP contribution in [0.2, 0.25) is 5.02 Å². The van der Waals surface area contributed by atoms with E-state index in [2.05, 4.69) is 26.6 Å². The number of nitrogens with one attached hydrogen (secondary N) is 2. The van der Waals surface area contributed by atoms with E-state index in [1.165, 1.54) is 17.7 Å². The van der Waals surface area contributed by atoms with E-state index in [0.717, 1.165) is 43.1 Å². The van der Waals surface area contributed by atoms with Crippen molar-refractivity contribution in [3.63, 3.8) is 0 Å². The van der Waals surface area contributed by atoms with Crippen LogP contribution in [0.5, 0.6) is 0 Å². The third-order valence-electron chi connectivity index (χ3n) is 7.02. The minimum Gasteiger partial charge on any atom is -0.346 e. The zero-order chi connectivity index (χ0) is 27.4. The molecule has 1 atom stereocenters. The molecule has 39 heavy (non-hydrogen) atoms. The van der Waals surface area contributed by atoms with Crippen molar-refractivity contribution in [1.82, 2.24) is 20.1 Å². The highest BCUT2D eigenvalue weighted by atomic mass is 35.5. The number of hydrogen-bond donors (Lipinski definition) is 2. The zero-order valence-electron chi connectivity index (χ0n) is 21.9. The van der Waals surface area contributed by atoms with E-state index in [1.807, 2.05) is 19.1 Å². The standard InChI is InChI=1S/C27H32ClF2N5O3.ClH/c1-16-11-18(3-4-21(16)28)15-34-9-7-20(8-10-34)35-22(5-6-25(35)36)27(38)33-24-13-19(12-17(2)32-24)26(37)31-14-23(29)30;/h3-4,11-13,20,22-23H,5-10,14-15H2,1-2H3,(H,31,37)(H,32,33,38);1H/t22-;/m1./s1. The number of hydrogen-bond acceptors (Lipinski definition) is 5. The van der Waals surface area contributed by atoms with Crippen molar-refractivity contribution in [2.45, 2.75) is 64.6 Å². The SMILES string of the molecule is Cc1cc(C(=O)NCC(F)F)cc(NC(=O)[C@H]2CCC(=O)N2C2CCN(Cc3ccc(Cl)c(C)c3)CC2)n1.Cl. The first-order valence-corrected chi connectivity index (χ1v) is 13.1. The molecule has 212 valence electrons. The van der Waals surface area contributed by atoms with Crippen molar-refractivity contribution < 1.29 is 23.2 Å². The number of aromatic nitrogens is 1. The molecular formula is C27H33Cl2F2N5O3. The van der Waals surface area contributed by atoms with Crippen molar-refractivity contribution in [3.05, 3.63) is 57.7 Å². The Kier molecular flexibility index (Phi) is 10.6. The van der Waals surface area contributed by atoms with Gasteiger partial charge in [-0.25, -0.2) is 13.8 Å². The predicted octanol–water partition coefficient (Wildman–Crippen LogP) is 4.36. The van der Waals surface area contributed by atoms with Gasteiger partial charge in [-0.3, -0.25) is 19.3 Å². The van der Waals surface area contributed by atoms with Gasteiger partial charge in [0.05, 0.1) is 6.54 Å². The molecule has 4 rings (SSSR count). The minimum atomic E-state index is -2.67. The first-order chi connectivity index (χ1) is 18.1. The molecule has 0 spiro atoms. The summed E-state index contributed by atoms with van der Waals surface area (Å²) >= 11 is 6.14. The summed E-state index contributed by atoms with van der Waals surface area (Å²) in [6.45, 7) is 5.28. The number of rotatable bonds is 8. The Hall–Kier alpha value is -2.82. The molecule has 0 bridgehead atoms. The van der Waals surface area contributed by atoms with Gasteiger partial charge >= 0.3 is 0 Å². The summed E-state index contributed by atoms with van der Waals surface area (Å²) < 4.78 is 24.9. The summed E-state index contributed by atoms with van der Waals surface area (Å²) in [5, 5.41) is 5.63. The number of carbonyl (C=O) groups is 3. The lowest BCUT2D eigenvalue weighted by Gasteiger charge is -2.39. The number of carbonyl (C=O) groups excluding carboxylic acids is 3. The van der Waals surface area contributed by atoms with Gasteiger partial charge in [0, 0.05) is 48.4 Å². The lowest BCUT2D eigenvalue weighted by Crippen LogP contribution is -2.51. The number of nitrogens with zero attached hydrogens (tertiary/aromatic N) is 3. The number of alkyl halides is 2. The third-order valence-corrected chi connectivity index (χ3v) is 7.44. The van der Waals surface area contributed by atoms with Crippen LogP contribution < -0.4 is 10.6 Å². The van der Waals surface area contributed by atoms with E-state index in [0.29, 0.717) is 18.5 Å². The summed E-state index contributed by atoms with van der Waals surface area (Å²) in [4.78, 5) is 46.6. The number of anilines is 1. The van der Waals surface area contributed by atoms with Gasteiger partial charge in [0.15, 0.2) is 0 Å². The number of likely N-dealkylation sites (tertiary alicyclic amines) is 2. The molecular weight excluding hydrogens is 551 g/mol. The molecule has 3 heterocycles. The maximum atomic E-state index is 13.2. The van der Waals surface area contributed by atoms with Gasteiger partial charge in [-0.2, -0.15) is 0 Å². The molecule has 12 heteroatoms. The van der Waals surface area contributed by atoms with Gasteiger partial charge in [-0.1, -0.05) is 23.7 Å². The number of halogens is 4. The Balaban J connectivity index is 0.00000420. The molecule has 3 amide bonds. The lowest BCUT2D eigenvalue weighted by atomic mass is 10.0. The molecule has 2 aromatic rings. The van der Waals surface area contributed by atoms with Crippen molar-refractivity contribution >= 4 is 47.5 Å². The minimum absolute atomic E-state index is 0. The predicted molar refractivity (Wildman–Crippen MR) is 148 cm³/mol. The molecule has 2 aliphatic rings. The number of aryl methyl sites for hydroxylation is 2. The molecule has 0 aliphatic carbocycles. The molecule has 8 nitrogen and oxygen atoms in total. The monoisotopic (exact) mass is 583 g/mol. The summed E-state index contributed by atoms with van der Waals surface area (Å²) in [5.74, 6) is -0.942. The van der Waals surface area contributed by atoms with E-state index in [-0.39, 0.29) is 41.6 Å². The lowest BCUT2D eigenvalue weighted by molar-refractivity contribution is -0.136. The van der Waals surface area contributed by atoms with Gasteiger partial charge in [0.2, 0.25) is 11.8 Å². The smallest absolute Gasteiger partial charge is 0.255 e. The molecule has 0 saturated carbocycles. The molecule has 2 fully saturated rings. The topological polar surface area (TPSA) is 94.6 Å². The van der Waals surface area contributed by atoms with Gasteiger partial charge in [-0.05, 0) is 62.4 Å². The van der Waals surface area contributed by atoms with Crippen LogP contribution in [0.4, 0.5) is 14.6 Å². The van der Waals surface area contributed by atoms with Gasteiger partial charge in [0.25, 0.3) is 12.3 Å². The Bertz CT molecular complexity index is 1210. The van der Waals surface area contributed by atoms with Gasteiger partial charge < -0.3 is 15.5 Å². The molecule has 0 unspecified atom stereocenters. The van der Waals surface area contributed by atoms with E-state index >= 15 is 0 Å². The highest BCUT2D eigenvalue weighted by Crippen LogP contribution is 2.29. The van der Waals surface area contributed by atoms with Crippen LogP contribution in [-0.4, -0.2) is 70.6 Å². The zero-order valence-corrected chi connectivity index (χ0v) is 23.5. The maximum Gasteiger partial charge on any atom is 0.255 e. The highest BCUT2D eigenvalue weighted by molar-refractivity contribution is 6.31. The van der Waals surface area contributed by atoms with E-state index < -0.39 is 24.9 Å². The van der Waals surface area contributed by atoms with Crippen molar-refractivity contribution in [2.24, 2.45) is 0 Å². The fraction of sp³-hybridized carbons (Fsp3) is 0.481. The number of benzene rings is 1. The van der Waals surface area contributed by atoms with Crippen molar-refractivity contribution in [1.29, 1.82) is 0 Å². The highest BCUT2D eigenvalue weighted by Gasteiger charge is 2.41. The fourth-order valence-corrected chi connectivity index (χ4v) is 5.30. The Morgan fingerprint density at radius 2 is 1.85 bits per heavy atom. The van der Waals surface area contributed by atoms with Gasteiger partial charge in [0.1, 0.15) is 11.9 Å². The van der Waals surface area contributed by atoms with Crippen LogP contribution in [0.15, 0.2) is 30.3 Å². The molecule has 2 N–H and O–H groups in total. The molecule has 2 saturated heterocycles. The summed E-state index contributed by atoms with van der Waals surface area (Å²) in [6.07, 6.45) is -0.438. The molecule has 0 radical (unpaired) electrons. The van der Waals surface area contributed by atoms with E-state index in [4.69, 9.17) is 11.6 Å². The van der Waals surface area contributed by atoms with Crippen LogP contribution in [0.25, 0.3) is 0 Å². The largest absolute Gasteiger partial charge is 0.346 e. The van der Waals surface area contributed by atoms with E-state index in [9.17, 15) is 23.2 Å². The number of pyridine rings is 1. The average molecular weight is 584 g/mol.